The van der Waals surface area contributed by atoms with Crippen LogP contribution in [0.3, 0.4) is 0 Å². The molecule has 1 heterocycles. The van der Waals surface area contributed by atoms with Crippen LogP contribution >= 0.6 is 0 Å². The van der Waals surface area contributed by atoms with Crippen LogP contribution in [0.2, 0.25) is 0 Å². The van der Waals surface area contributed by atoms with Gasteiger partial charge < -0.3 is 9.47 Å². The summed E-state index contributed by atoms with van der Waals surface area (Å²) in [5.41, 5.74) is 4.38. The molecule has 0 spiro atoms. The van der Waals surface area contributed by atoms with Gasteiger partial charge in [0.25, 0.3) is 0 Å². The maximum absolute atomic E-state index is 11.5. The van der Waals surface area contributed by atoms with Crippen molar-refractivity contribution < 1.29 is 19.1 Å². The van der Waals surface area contributed by atoms with Gasteiger partial charge in [-0.25, -0.2) is 15.0 Å². The van der Waals surface area contributed by atoms with E-state index in [4.69, 9.17) is 4.74 Å². The maximum atomic E-state index is 11.5. The number of hydrazone groups is 1. The van der Waals surface area contributed by atoms with E-state index in [0.717, 1.165) is 11.3 Å². The van der Waals surface area contributed by atoms with Gasteiger partial charge in [-0.1, -0.05) is 12.1 Å². The Labute approximate surface area is 116 Å². The summed E-state index contributed by atoms with van der Waals surface area (Å²) in [6.45, 7) is 2.66. The third kappa shape index (κ3) is 3.05. The fraction of sp³-hybridized carbons (Fsp3) is 0.308. The van der Waals surface area contributed by atoms with Crippen molar-refractivity contribution in [3.8, 4) is 0 Å². The molecule has 2 amide bonds. The van der Waals surface area contributed by atoms with Crippen LogP contribution in [0, 0.1) is 0 Å². The summed E-state index contributed by atoms with van der Waals surface area (Å²) in [6, 6.07) is 7.28. The lowest BCUT2D eigenvalue weighted by atomic mass is 10.1. The number of rotatable bonds is 3. The van der Waals surface area contributed by atoms with Gasteiger partial charge in [0, 0.05) is 5.69 Å². The third-order valence-electron chi connectivity index (χ3n) is 2.84. The molecule has 1 aliphatic heterocycles. The topological polar surface area (TPSA) is 80.2 Å². The average Bonchev–Trinajstić information content (AvgIpc) is 2.90. The minimum absolute atomic E-state index is 0.357. The highest BCUT2D eigenvalue weighted by atomic mass is 16.6. The van der Waals surface area contributed by atoms with Crippen molar-refractivity contribution in [3.05, 3.63) is 29.8 Å². The first-order valence-electron chi connectivity index (χ1n) is 6.05. The van der Waals surface area contributed by atoms with Crippen molar-refractivity contribution >= 4 is 23.6 Å². The van der Waals surface area contributed by atoms with Crippen LogP contribution in [-0.4, -0.2) is 38.2 Å². The predicted molar refractivity (Wildman–Crippen MR) is 72.9 cm³/mol. The van der Waals surface area contributed by atoms with Crippen LogP contribution in [-0.2, 0) is 9.47 Å². The number of nitrogens with zero attached hydrogens (tertiary/aromatic N) is 2. The zero-order valence-electron chi connectivity index (χ0n) is 11.3. The highest BCUT2D eigenvalue weighted by Gasteiger charge is 2.23. The molecule has 1 saturated heterocycles. The molecule has 2 rings (SSSR count). The summed E-state index contributed by atoms with van der Waals surface area (Å²) < 4.78 is 9.33. The molecule has 106 valence electrons. The first kappa shape index (κ1) is 13.9. The summed E-state index contributed by atoms with van der Waals surface area (Å²) in [6.07, 6.45) is -0.993. The smallest absolute Gasteiger partial charge is 0.427 e. The summed E-state index contributed by atoms with van der Waals surface area (Å²) in [5, 5.41) is 3.91. The minimum atomic E-state index is -0.636. The van der Waals surface area contributed by atoms with Gasteiger partial charge in [0.1, 0.15) is 6.61 Å². The lowest BCUT2D eigenvalue weighted by Crippen LogP contribution is -2.23. The first-order chi connectivity index (χ1) is 9.61. The van der Waals surface area contributed by atoms with E-state index in [1.54, 1.807) is 11.8 Å². The number of hydrogen-bond acceptors (Lipinski definition) is 5. The van der Waals surface area contributed by atoms with E-state index < -0.39 is 6.09 Å². The Morgan fingerprint density at radius 1 is 1.50 bits per heavy atom. The highest BCUT2D eigenvalue weighted by molar-refractivity contribution is 6.00. The number of nitrogens with one attached hydrogen (secondary N) is 1. The molecule has 1 fully saturated rings. The van der Waals surface area contributed by atoms with Gasteiger partial charge in [-0.2, -0.15) is 5.10 Å². The SMILES string of the molecule is COC(=O)NN=C(C)c1cccc(N2CCOC2=O)c1. The van der Waals surface area contributed by atoms with E-state index in [2.05, 4.69) is 15.3 Å². The number of benzene rings is 1. The van der Waals surface area contributed by atoms with Gasteiger partial charge in [-0.3, -0.25) is 4.90 Å². The van der Waals surface area contributed by atoms with Crippen LogP contribution in [0.15, 0.2) is 29.4 Å². The van der Waals surface area contributed by atoms with Crippen molar-refractivity contribution in [2.45, 2.75) is 6.92 Å². The fourth-order valence-electron chi connectivity index (χ4n) is 1.77. The van der Waals surface area contributed by atoms with Crippen molar-refractivity contribution in [1.82, 2.24) is 5.43 Å². The Morgan fingerprint density at radius 2 is 2.30 bits per heavy atom. The normalized spacial score (nSPS) is 15.0. The summed E-state index contributed by atoms with van der Waals surface area (Å²) in [7, 11) is 1.26. The number of anilines is 1. The molecule has 1 aromatic carbocycles. The standard InChI is InChI=1S/C13H15N3O4/c1-9(14-15-12(17)19-2)10-4-3-5-11(8-10)16-6-7-20-13(16)18/h3-5,8H,6-7H2,1-2H3,(H,15,17). The summed E-state index contributed by atoms with van der Waals surface area (Å²) in [5.74, 6) is 0. The molecule has 7 heteroatoms. The molecular formula is C13H15N3O4. The quantitative estimate of drug-likeness (QED) is 0.674. The Kier molecular flexibility index (Phi) is 4.19. The van der Waals surface area contributed by atoms with E-state index in [0.29, 0.717) is 18.9 Å². The molecule has 1 aromatic rings. The molecule has 0 bridgehead atoms. The van der Waals surface area contributed by atoms with E-state index in [-0.39, 0.29) is 6.09 Å². The molecule has 0 unspecified atom stereocenters. The fourth-order valence-corrected chi connectivity index (χ4v) is 1.77. The first-order valence-corrected chi connectivity index (χ1v) is 6.05. The maximum Gasteiger partial charge on any atom is 0.427 e. The number of carbonyl (C=O) groups is 2. The predicted octanol–water partition coefficient (Wildman–Crippen LogP) is 1.72. The molecule has 0 radical (unpaired) electrons. The zero-order valence-corrected chi connectivity index (χ0v) is 11.3. The zero-order chi connectivity index (χ0) is 14.5. The molecular weight excluding hydrogens is 262 g/mol. The van der Waals surface area contributed by atoms with Crippen LogP contribution in [0.1, 0.15) is 12.5 Å². The van der Waals surface area contributed by atoms with Gasteiger partial charge in [-0.05, 0) is 24.6 Å². The number of carbonyl (C=O) groups excluding carboxylic acids is 2. The molecule has 0 atom stereocenters. The number of ether oxygens (including phenoxy) is 2. The van der Waals surface area contributed by atoms with Crippen LogP contribution in [0.4, 0.5) is 15.3 Å². The summed E-state index contributed by atoms with van der Waals surface area (Å²) in [4.78, 5) is 24.0. The second-order valence-corrected chi connectivity index (χ2v) is 4.12. The Morgan fingerprint density at radius 3 is 2.95 bits per heavy atom. The van der Waals surface area contributed by atoms with E-state index in [1.807, 2.05) is 24.3 Å². The minimum Gasteiger partial charge on any atom is -0.452 e. The number of amides is 2. The van der Waals surface area contributed by atoms with Crippen LogP contribution in [0.25, 0.3) is 0 Å². The molecule has 1 N–H and O–H groups in total. The average molecular weight is 277 g/mol. The van der Waals surface area contributed by atoms with Crippen molar-refractivity contribution in [1.29, 1.82) is 0 Å². The number of methoxy groups -OCH3 is 1. The van der Waals surface area contributed by atoms with Gasteiger partial charge in [0.15, 0.2) is 0 Å². The second kappa shape index (κ2) is 6.05. The van der Waals surface area contributed by atoms with Crippen molar-refractivity contribution in [2.75, 3.05) is 25.2 Å². The van der Waals surface area contributed by atoms with Crippen LogP contribution in [0.5, 0.6) is 0 Å². The van der Waals surface area contributed by atoms with Crippen molar-refractivity contribution in [3.63, 3.8) is 0 Å². The lowest BCUT2D eigenvalue weighted by Gasteiger charge is -2.13. The van der Waals surface area contributed by atoms with Crippen molar-refractivity contribution in [2.24, 2.45) is 5.10 Å². The Bertz CT molecular complexity index is 556. The van der Waals surface area contributed by atoms with Crippen LogP contribution < -0.4 is 10.3 Å². The van der Waals surface area contributed by atoms with Gasteiger partial charge >= 0.3 is 12.2 Å². The second-order valence-electron chi connectivity index (χ2n) is 4.12. The number of cyclic esters (lactones) is 1. The summed E-state index contributed by atoms with van der Waals surface area (Å²) >= 11 is 0. The Hall–Kier alpha value is -2.57. The molecule has 0 aliphatic carbocycles. The molecule has 20 heavy (non-hydrogen) atoms. The number of hydrogen-bond donors (Lipinski definition) is 1. The molecule has 0 aromatic heterocycles. The Balaban J connectivity index is 2.17. The van der Waals surface area contributed by atoms with E-state index >= 15 is 0 Å². The monoisotopic (exact) mass is 277 g/mol. The van der Waals surface area contributed by atoms with Gasteiger partial charge in [0.2, 0.25) is 0 Å². The third-order valence-corrected chi connectivity index (χ3v) is 2.84. The molecule has 7 nitrogen and oxygen atoms in total. The van der Waals surface area contributed by atoms with Gasteiger partial charge in [-0.15, -0.1) is 0 Å². The highest BCUT2D eigenvalue weighted by Crippen LogP contribution is 2.20. The van der Waals surface area contributed by atoms with Gasteiger partial charge in [0.05, 0.1) is 19.4 Å². The molecule has 0 saturated carbocycles. The lowest BCUT2D eigenvalue weighted by molar-refractivity contribution is 0.171. The van der Waals surface area contributed by atoms with E-state index in [1.165, 1.54) is 7.11 Å². The molecule has 1 aliphatic rings. The van der Waals surface area contributed by atoms with E-state index in [9.17, 15) is 9.59 Å². The largest absolute Gasteiger partial charge is 0.452 e.